The fraction of sp³-hybridized carbons (Fsp3) is 0.429. The molecule has 24 heavy (non-hydrogen) atoms. The van der Waals surface area contributed by atoms with Crippen LogP contribution in [0, 0.1) is 0 Å². The Balaban J connectivity index is 2.27. The van der Waals surface area contributed by atoms with E-state index in [1.807, 2.05) is 0 Å². The van der Waals surface area contributed by atoms with E-state index in [1.165, 1.54) is 31.2 Å². The van der Waals surface area contributed by atoms with Crippen LogP contribution in [0.4, 0.5) is 0 Å². The number of aliphatic hydroxyl groups is 1. The van der Waals surface area contributed by atoms with Crippen molar-refractivity contribution in [3.05, 3.63) is 29.3 Å². The van der Waals surface area contributed by atoms with Gasteiger partial charge in [-0.1, -0.05) is 11.6 Å². The summed E-state index contributed by atoms with van der Waals surface area (Å²) in [6.45, 7) is 1.03. The number of nitrogens with zero attached hydrogens (tertiary/aromatic N) is 1. The molecule has 1 aliphatic rings. The van der Waals surface area contributed by atoms with Crippen LogP contribution in [0.25, 0.3) is 0 Å². The van der Waals surface area contributed by atoms with Gasteiger partial charge >= 0.3 is 5.97 Å². The first-order chi connectivity index (χ1) is 11.1. The fourth-order valence-electron chi connectivity index (χ4n) is 2.32. The Kier molecular flexibility index (Phi) is 5.49. The van der Waals surface area contributed by atoms with E-state index >= 15 is 0 Å². The van der Waals surface area contributed by atoms with E-state index < -0.39 is 40.1 Å². The van der Waals surface area contributed by atoms with Gasteiger partial charge in [0.25, 0.3) is 5.91 Å². The zero-order valence-electron chi connectivity index (χ0n) is 12.8. The molecule has 0 bridgehead atoms. The number of β-amino-alcohol motifs (C(OH)–C–C–N with tert-alkyl or cyclic N) is 1. The molecule has 0 spiro atoms. The van der Waals surface area contributed by atoms with Gasteiger partial charge < -0.3 is 15.6 Å². The van der Waals surface area contributed by atoms with Crippen LogP contribution < -0.4 is 5.73 Å². The molecule has 1 aliphatic heterocycles. The Morgan fingerprint density at radius 3 is 2.50 bits per heavy atom. The predicted molar refractivity (Wildman–Crippen MR) is 84.5 cm³/mol. The summed E-state index contributed by atoms with van der Waals surface area (Å²) in [6.07, 6.45) is -2.35. The van der Waals surface area contributed by atoms with Crippen LogP contribution in [-0.4, -0.2) is 54.5 Å². The van der Waals surface area contributed by atoms with Crippen LogP contribution in [0.2, 0.25) is 5.02 Å². The van der Waals surface area contributed by atoms with Gasteiger partial charge in [-0.2, -0.15) is 4.31 Å². The van der Waals surface area contributed by atoms with Crippen LogP contribution >= 0.6 is 11.6 Å². The number of aliphatic hydroxyl groups excluding tert-OH is 1. The first-order valence-corrected chi connectivity index (χ1v) is 8.90. The first-order valence-electron chi connectivity index (χ1n) is 7.08. The van der Waals surface area contributed by atoms with Crippen molar-refractivity contribution >= 4 is 33.5 Å². The smallest absolute Gasteiger partial charge is 0.325 e. The summed E-state index contributed by atoms with van der Waals surface area (Å²) in [5.41, 5.74) is 5.03. The first kappa shape index (κ1) is 18.7. The third-order valence-corrected chi connectivity index (χ3v) is 5.76. The second-order valence-corrected chi connectivity index (χ2v) is 7.74. The Hall–Kier alpha value is -1.68. The number of rotatable bonds is 5. The number of carbonyl (C=O) groups is 2. The SMILES string of the molecule is C[C@@H](OC(=O)[C@@H]1C[C@@H](O)CN1S(=O)(=O)c1ccc(Cl)cc1)C(N)=O. The summed E-state index contributed by atoms with van der Waals surface area (Å²) in [5, 5.41) is 10.2. The number of amides is 1. The van der Waals surface area contributed by atoms with Crippen LogP contribution in [0.15, 0.2) is 29.2 Å². The minimum Gasteiger partial charge on any atom is -0.451 e. The van der Waals surface area contributed by atoms with Crippen LogP contribution in [0.1, 0.15) is 13.3 Å². The molecule has 8 nitrogen and oxygen atoms in total. The maximum Gasteiger partial charge on any atom is 0.325 e. The van der Waals surface area contributed by atoms with Crippen molar-refractivity contribution in [2.24, 2.45) is 5.73 Å². The molecule has 1 fully saturated rings. The zero-order chi connectivity index (χ0) is 18.1. The summed E-state index contributed by atoms with van der Waals surface area (Å²) >= 11 is 5.74. The second kappa shape index (κ2) is 7.06. The molecule has 10 heteroatoms. The van der Waals surface area contributed by atoms with Crippen molar-refractivity contribution in [3.63, 3.8) is 0 Å². The lowest BCUT2D eigenvalue weighted by atomic mass is 10.2. The molecule has 0 aliphatic carbocycles. The standard InChI is InChI=1S/C14H17ClN2O6S/c1-8(13(16)19)23-14(20)12-6-10(18)7-17(12)24(21,22)11-4-2-9(15)3-5-11/h2-5,8,10,12,18H,6-7H2,1H3,(H2,16,19)/t8-,10-,12+/m1/s1. The molecular formula is C14H17ClN2O6S. The Morgan fingerprint density at radius 1 is 1.38 bits per heavy atom. The molecule has 0 radical (unpaired) electrons. The molecule has 1 aromatic carbocycles. The maximum absolute atomic E-state index is 12.7. The second-order valence-electron chi connectivity index (χ2n) is 5.42. The fourth-order valence-corrected chi connectivity index (χ4v) is 4.07. The van der Waals surface area contributed by atoms with Crippen molar-refractivity contribution in [2.45, 2.75) is 36.5 Å². The molecule has 1 saturated heterocycles. The Labute approximate surface area is 144 Å². The topological polar surface area (TPSA) is 127 Å². The Bertz CT molecular complexity index is 736. The minimum atomic E-state index is -4.04. The van der Waals surface area contributed by atoms with Gasteiger partial charge in [0.15, 0.2) is 6.10 Å². The quantitative estimate of drug-likeness (QED) is 0.690. The lowest BCUT2D eigenvalue weighted by Gasteiger charge is -2.23. The predicted octanol–water partition coefficient (Wildman–Crippen LogP) is -0.119. The third kappa shape index (κ3) is 3.86. The van der Waals surface area contributed by atoms with Gasteiger partial charge in [-0.3, -0.25) is 9.59 Å². The van der Waals surface area contributed by atoms with E-state index in [4.69, 9.17) is 22.1 Å². The van der Waals surface area contributed by atoms with E-state index in [2.05, 4.69) is 0 Å². The van der Waals surface area contributed by atoms with Gasteiger partial charge in [0.05, 0.1) is 11.0 Å². The van der Waals surface area contributed by atoms with Gasteiger partial charge in [-0.15, -0.1) is 0 Å². The molecule has 1 heterocycles. The van der Waals surface area contributed by atoms with Crippen molar-refractivity contribution in [1.29, 1.82) is 0 Å². The highest BCUT2D eigenvalue weighted by molar-refractivity contribution is 7.89. The number of nitrogens with two attached hydrogens (primary N) is 1. The number of carbonyl (C=O) groups excluding carboxylic acids is 2. The highest BCUT2D eigenvalue weighted by Gasteiger charge is 2.44. The van der Waals surface area contributed by atoms with E-state index in [0.29, 0.717) is 5.02 Å². The van der Waals surface area contributed by atoms with Gasteiger partial charge in [-0.25, -0.2) is 8.42 Å². The average Bonchev–Trinajstić information content (AvgIpc) is 2.90. The number of primary amides is 1. The number of ether oxygens (including phenoxy) is 1. The average molecular weight is 377 g/mol. The lowest BCUT2D eigenvalue weighted by Crippen LogP contribution is -2.43. The molecule has 132 valence electrons. The molecule has 3 atom stereocenters. The van der Waals surface area contributed by atoms with Crippen LogP contribution in [-0.2, 0) is 24.3 Å². The van der Waals surface area contributed by atoms with Gasteiger partial charge in [0.2, 0.25) is 10.0 Å². The summed E-state index contributed by atoms with van der Waals surface area (Å²) in [5.74, 6) is -1.79. The molecule has 0 aromatic heterocycles. The van der Waals surface area contributed by atoms with E-state index in [9.17, 15) is 23.1 Å². The molecule has 2 rings (SSSR count). The van der Waals surface area contributed by atoms with Crippen LogP contribution in [0.5, 0.6) is 0 Å². The number of hydrogen-bond donors (Lipinski definition) is 2. The maximum atomic E-state index is 12.7. The molecule has 3 N–H and O–H groups in total. The number of esters is 1. The van der Waals surface area contributed by atoms with E-state index in [0.717, 1.165) is 4.31 Å². The lowest BCUT2D eigenvalue weighted by molar-refractivity contribution is -0.157. The van der Waals surface area contributed by atoms with Crippen molar-refractivity contribution in [1.82, 2.24) is 4.31 Å². The highest BCUT2D eigenvalue weighted by Crippen LogP contribution is 2.28. The summed E-state index contributed by atoms with van der Waals surface area (Å²) in [6, 6.07) is 4.18. The highest BCUT2D eigenvalue weighted by atomic mass is 35.5. The number of sulfonamides is 1. The molecular weight excluding hydrogens is 360 g/mol. The van der Waals surface area contributed by atoms with Gasteiger partial charge in [0.1, 0.15) is 6.04 Å². The van der Waals surface area contributed by atoms with Crippen molar-refractivity contribution in [2.75, 3.05) is 6.54 Å². The summed E-state index contributed by atoms with van der Waals surface area (Å²) in [4.78, 5) is 23.1. The van der Waals surface area contributed by atoms with E-state index in [1.54, 1.807) is 0 Å². The van der Waals surface area contributed by atoms with E-state index in [-0.39, 0.29) is 17.9 Å². The molecule has 0 saturated carbocycles. The summed E-state index contributed by atoms with van der Waals surface area (Å²) in [7, 11) is -4.04. The van der Waals surface area contributed by atoms with Crippen LogP contribution in [0.3, 0.4) is 0 Å². The number of benzene rings is 1. The molecule has 1 aromatic rings. The number of halogens is 1. The largest absolute Gasteiger partial charge is 0.451 e. The van der Waals surface area contributed by atoms with Crippen molar-refractivity contribution < 1.29 is 27.9 Å². The Morgan fingerprint density at radius 2 is 1.96 bits per heavy atom. The van der Waals surface area contributed by atoms with Crippen molar-refractivity contribution in [3.8, 4) is 0 Å². The minimum absolute atomic E-state index is 0.0678. The van der Waals surface area contributed by atoms with Gasteiger partial charge in [-0.05, 0) is 31.2 Å². The van der Waals surface area contributed by atoms with Gasteiger partial charge in [0, 0.05) is 18.0 Å². The molecule has 0 unspecified atom stereocenters. The monoisotopic (exact) mass is 376 g/mol. The zero-order valence-corrected chi connectivity index (χ0v) is 14.3. The molecule has 1 amide bonds. The normalized spacial score (nSPS) is 23.0. The summed E-state index contributed by atoms with van der Waals surface area (Å²) < 4.78 is 31.1. The third-order valence-electron chi connectivity index (χ3n) is 3.62. The number of hydrogen-bond acceptors (Lipinski definition) is 6.